The smallest absolute Gasteiger partial charge is 0.227 e. The number of aromatic nitrogens is 3. The third-order valence-electron chi connectivity index (χ3n) is 5.35. The fourth-order valence-corrected chi connectivity index (χ4v) is 3.95. The Hall–Kier alpha value is -2.41. The summed E-state index contributed by atoms with van der Waals surface area (Å²) in [6.45, 7) is 3.04. The molecule has 1 fully saturated rings. The molecule has 1 saturated carbocycles. The highest BCUT2D eigenvalue weighted by atomic mass is 35.5. The molecule has 0 saturated heterocycles. The molecule has 1 aliphatic carbocycles. The van der Waals surface area contributed by atoms with Crippen molar-refractivity contribution in [2.45, 2.75) is 51.9 Å². The first kappa shape index (κ1) is 21.3. The summed E-state index contributed by atoms with van der Waals surface area (Å²) in [7, 11) is 0. The van der Waals surface area contributed by atoms with Crippen LogP contribution < -0.4 is 10.2 Å². The van der Waals surface area contributed by atoms with Crippen LogP contribution in [0.4, 0.5) is 5.69 Å². The van der Waals surface area contributed by atoms with Crippen molar-refractivity contribution >= 4 is 29.1 Å². The summed E-state index contributed by atoms with van der Waals surface area (Å²) in [5, 5.41) is 7.50. The number of hydrogen-bond donors (Lipinski definition) is 1. The van der Waals surface area contributed by atoms with E-state index in [9.17, 15) is 9.59 Å². The second-order valence-electron chi connectivity index (χ2n) is 7.41. The summed E-state index contributed by atoms with van der Waals surface area (Å²) in [5.74, 6) is 0.359. The van der Waals surface area contributed by atoms with E-state index in [1.54, 1.807) is 34.2 Å². The summed E-state index contributed by atoms with van der Waals surface area (Å²) < 4.78 is 1.59. The van der Waals surface area contributed by atoms with E-state index in [4.69, 9.17) is 11.6 Å². The number of carbonyl (C=O) groups excluding carboxylic acids is 2. The van der Waals surface area contributed by atoms with E-state index in [2.05, 4.69) is 15.4 Å². The highest BCUT2D eigenvalue weighted by Gasteiger charge is 2.21. The number of carbonyl (C=O) groups is 2. The first-order valence-corrected chi connectivity index (χ1v) is 10.7. The number of nitrogens with zero attached hydrogens (tertiary/aromatic N) is 4. The van der Waals surface area contributed by atoms with Gasteiger partial charge in [-0.15, -0.1) is 0 Å². The third kappa shape index (κ3) is 5.79. The zero-order chi connectivity index (χ0) is 20.6. The van der Waals surface area contributed by atoms with Crippen LogP contribution in [-0.4, -0.2) is 39.7 Å². The first-order chi connectivity index (χ1) is 14.1. The number of amides is 2. The molecule has 2 heterocycles. The summed E-state index contributed by atoms with van der Waals surface area (Å²) in [5.41, 5.74) is 1.29. The second-order valence-corrected chi connectivity index (χ2v) is 7.77. The predicted molar refractivity (Wildman–Crippen MR) is 113 cm³/mol. The molecule has 0 aromatic carbocycles. The number of rotatable bonds is 8. The Morgan fingerprint density at radius 1 is 1.28 bits per heavy atom. The fraction of sp³-hybridized carbons (Fsp3) is 0.524. The average Bonchev–Trinajstić information content (AvgIpc) is 3.14. The second kappa shape index (κ2) is 10.4. The zero-order valence-electron chi connectivity index (χ0n) is 16.8. The van der Waals surface area contributed by atoms with Gasteiger partial charge < -0.3 is 10.2 Å². The van der Waals surface area contributed by atoms with Crippen molar-refractivity contribution in [3.8, 4) is 5.69 Å². The third-order valence-corrected chi connectivity index (χ3v) is 5.62. The molecule has 0 atom stereocenters. The summed E-state index contributed by atoms with van der Waals surface area (Å²) in [6, 6.07) is 3.66. The maximum absolute atomic E-state index is 12.7. The van der Waals surface area contributed by atoms with Gasteiger partial charge in [0, 0.05) is 32.1 Å². The molecule has 1 N–H and O–H groups in total. The molecule has 2 amide bonds. The van der Waals surface area contributed by atoms with Crippen LogP contribution in [0, 0.1) is 5.92 Å². The lowest BCUT2D eigenvalue weighted by Gasteiger charge is -2.22. The summed E-state index contributed by atoms with van der Waals surface area (Å²) in [4.78, 5) is 30.5. The van der Waals surface area contributed by atoms with Crippen LogP contribution in [0.2, 0.25) is 5.15 Å². The quantitative estimate of drug-likeness (QED) is 0.709. The van der Waals surface area contributed by atoms with Crippen molar-refractivity contribution in [1.82, 2.24) is 20.1 Å². The van der Waals surface area contributed by atoms with Gasteiger partial charge in [0.15, 0.2) is 5.15 Å². The Bertz CT molecular complexity index is 818. The normalized spacial score (nSPS) is 14.6. The van der Waals surface area contributed by atoms with E-state index >= 15 is 0 Å². The van der Waals surface area contributed by atoms with E-state index < -0.39 is 0 Å². The molecular weight excluding hydrogens is 390 g/mol. The van der Waals surface area contributed by atoms with Gasteiger partial charge in [0.25, 0.3) is 0 Å². The molecule has 7 nitrogen and oxygen atoms in total. The van der Waals surface area contributed by atoms with Crippen molar-refractivity contribution < 1.29 is 9.59 Å². The highest BCUT2D eigenvalue weighted by Crippen LogP contribution is 2.27. The molecule has 1 aliphatic rings. The number of nitrogens with one attached hydrogen (secondary N) is 1. The van der Waals surface area contributed by atoms with Crippen molar-refractivity contribution in [3.05, 3.63) is 35.9 Å². The Balaban J connectivity index is 1.55. The van der Waals surface area contributed by atoms with Crippen LogP contribution in [0.25, 0.3) is 5.69 Å². The highest BCUT2D eigenvalue weighted by molar-refractivity contribution is 6.32. The Morgan fingerprint density at radius 2 is 2.07 bits per heavy atom. The van der Waals surface area contributed by atoms with E-state index in [-0.39, 0.29) is 29.8 Å². The van der Waals surface area contributed by atoms with Crippen molar-refractivity contribution in [3.63, 3.8) is 0 Å². The molecule has 0 aliphatic heterocycles. The van der Waals surface area contributed by atoms with Crippen LogP contribution in [0.3, 0.4) is 0 Å². The van der Waals surface area contributed by atoms with Gasteiger partial charge in [0.1, 0.15) is 5.69 Å². The lowest BCUT2D eigenvalue weighted by atomic mass is 9.89. The van der Waals surface area contributed by atoms with Crippen molar-refractivity contribution in [2.75, 3.05) is 18.0 Å². The molecule has 8 heteroatoms. The van der Waals surface area contributed by atoms with Gasteiger partial charge in [-0.1, -0.05) is 30.9 Å². The van der Waals surface area contributed by atoms with E-state index in [1.165, 1.54) is 32.1 Å². The van der Waals surface area contributed by atoms with Gasteiger partial charge in [-0.05, 0) is 37.8 Å². The molecule has 0 radical (unpaired) electrons. The van der Waals surface area contributed by atoms with Crippen molar-refractivity contribution in [1.29, 1.82) is 0 Å². The van der Waals surface area contributed by atoms with Crippen LogP contribution >= 0.6 is 11.6 Å². The van der Waals surface area contributed by atoms with Crippen LogP contribution in [0.5, 0.6) is 0 Å². The molecular formula is C21H28ClN5O2. The van der Waals surface area contributed by atoms with E-state index in [0.29, 0.717) is 24.7 Å². The number of anilines is 1. The zero-order valence-corrected chi connectivity index (χ0v) is 17.6. The molecule has 0 spiro atoms. The molecule has 156 valence electrons. The van der Waals surface area contributed by atoms with E-state index in [0.717, 1.165) is 5.69 Å². The molecule has 29 heavy (non-hydrogen) atoms. The average molecular weight is 418 g/mol. The molecule has 3 rings (SSSR count). The number of halogens is 1. The van der Waals surface area contributed by atoms with Gasteiger partial charge >= 0.3 is 0 Å². The Morgan fingerprint density at radius 3 is 2.76 bits per heavy atom. The number of hydrogen-bond acceptors (Lipinski definition) is 4. The van der Waals surface area contributed by atoms with Crippen LogP contribution in [0.15, 0.2) is 30.7 Å². The van der Waals surface area contributed by atoms with Gasteiger partial charge in [-0.3, -0.25) is 14.6 Å². The minimum atomic E-state index is -0.145. The lowest BCUT2D eigenvalue weighted by molar-refractivity contribution is -0.125. The summed E-state index contributed by atoms with van der Waals surface area (Å²) in [6.07, 6.45) is 11.5. The van der Waals surface area contributed by atoms with E-state index in [1.807, 2.05) is 13.0 Å². The first-order valence-electron chi connectivity index (χ1n) is 10.3. The minimum Gasteiger partial charge on any atom is -0.356 e. The van der Waals surface area contributed by atoms with Gasteiger partial charge in [-0.2, -0.15) is 5.10 Å². The molecule has 0 unspecified atom stereocenters. The molecule has 0 bridgehead atoms. The maximum atomic E-state index is 12.7. The Kier molecular flexibility index (Phi) is 7.63. The lowest BCUT2D eigenvalue weighted by Crippen LogP contribution is -2.34. The molecule has 2 aromatic heterocycles. The monoisotopic (exact) mass is 417 g/mol. The summed E-state index contributed by atoms with van der Waals surface area (Å²) >= 11 is 6.29. The van der Waals surface area contributed by atoms with Crippen molar-refractivity contribution in [2.24, 2.45) is 5.92 Å². The topological polar surface area (TPSA) is 80.1 Å². The van der Waals surface area contributed by atoms with Gasteiger partial charge in [-0.25, -0.2) is 4.68 Å². The number of pyridine rings is 1. The van der Waals surface area contributed by atoms with Crippen LogP contribution in [0.1, 0.15) is 51.9 Å². The predicted octanol–water partition coefficient (Wildman–Crippen LogP) is 3.75. The maximum Gasteiger partial charge on any atom is 0.227 e. The van der Waals surface area contributed by atoms with Crippen LogP contribution in [-0.2, 0) is 9.59 Å². The fourth-order valence-electron chi connectivity index (χ4n) is 3.72. The minimum absolute atomic E-state index is 0.0721. The largest absolute Gasteiger partial charge is 0.356 e. The van der Waals surface area contributed by atoms with Gasteiger partial charge in [0.05, 0.1) is 18.1 Å². The molecule has 2 aromatic rings. The standard InChI is InChI=1S/C21H28ClN5O2/c1-2-26(18-15-27(25-21(18)22)17-9-6-12-23-14-17)20(29)11-10-19(28)24-13-16-7-4-3-5-8-16/h6,9,12,14-16H,2-5,7-8,10-11,13H2,1H3,(H,24,28). The van der Waals surface area contributed by atoms with Gasteiger partial charge in [0.2, 0.25) is 11.8 Å². The SMILES string of the molecule is CCN(C(=O)CCC(=O)NCC1CCCCC1)c1cn(-c2cccnc2)nc1Cl. The Labute approximate surface area is 176 Å².